The molecule has 0 heterocycles. The monoisotopic (exact) mass is 302 g/mol. The average Bonchev–Trinajstić information content (AvgIpc) is 2.29. The standard InChI is InChI=1S/C13H16BrClO/c14-10-6-7-11(12(15)8-10)13(16)9-4-2-1-3-5-9/h6-9,13,16H,1-5H2. The van der Waals surface area contributed by atoms with E-state index in [1.165, 1.54) is 19.3 Å². The fraction of sp³-hybridized carbons (Fsp3) is 0.538. The second-order valence-corrected chi connectivity index (χ2v) is 5.83. The molecule has 0 radical (unpaired) electrons. The molecule has 0 spiro atoms. The third-order valence-electron chi connectivity index (χ3n) is 3.38. The van der Waals surface area contributed by atoms with Crippen LogP contribution in [0.3, 0.4) is 0 Å². The third-order valence-corrected chi connectivity index (χ3v) is 4.20. The zero-order valence-corrected chi connectivity index (χ0v) is 11.5. The van der Waals surface area contributed by atoms with Gasteiger partial charge in [-0.05, 0) is 36.5 Å². The number of benzene rings is 1. The second-order valence-electron chi connectivity index (χ2n) is 4.51. The lowest BCUT2D eigenvalue weighted by Gasteiger charge is -2.27. The predicted octanol–water partition coefficient (Wildman–Crippen LogP) is 4.72. The van der Waals surface area contributed by atoms with E-state index in [1.54, 1.807) is 0 Å². The molecule has 0 bridgehead atoms. The highest BCUT2D eigenvalue weighted by Crippen LogP contribution is 2.37. The average molecular weight is 304 g/mol. The normalized spacial score (nSPS) is 19.7. The van der Waals surface area contributed by atoms with Gasteiger partial charge in [0.1, 0.15) is 0 Å². The maximum Gasteiger partial charge on any atom is 0.0832 e. The molecule has 1 atom stereocenters. The van der Waals surface area contributed by atoms with Crippen LogP contribution in [0.15, 0.2) is 22.7 Å². The summed E-state index contributed by atoms with van der Waals surface area (Å²) in [5.74, 6) is 0.382. The van der Waals surface area contributed by atoms with Crippen molar-refractivity contribution in [3.63, 3.8) is 0 Å². The molecule has 1 unspecified atom stereocenters. The van der Waals surface area contributed by atoms with Crippen molar-refractivity contribution in [3.8, 4) is 0 Å². The predicted molar refractivity (Wildman–Crippen MR) is 70.7 cm³/mol. The molecule has 0 amide bonds. The van der Waals surface area contributed by atoms with E-state index in [-0.39, 0.29) is 0 Å². The van der Waals surface area contributed by atoms with Crippen LogP contribution < -0.4 is 0 Å². The van der Waals surface area contributed by atoms with Gasteiger partial charge in [-0.1, -0.05) is 52.9 Å². The molecule has 0 aromatic heterocycles. The summed E-state index contributed by atoms with van der Waals surface area (Å²) >= 11 is 9.53. The minimum absolute atomic E-state index is 0.382. The van der Waals surface area contributed by atoms with Crippen molar-refractivity contribution in [2.45, 2.75) is 38.2 Å². The first-order chi connectivity index (χ1) is 7.68. The molecular formula is C13H16BrClO. The maximum absolute atomic E-state index is 10.3. The van der Waals surface area contributed by atoms with Gasteiger partial charge in [0.15, 0.2) is 0 Å². The quantitative estimate of drug-likeness (QED) is 0.838. The molecule has 1 saturated carbocycles. The zero-order chi connectivity index (χ0) is 11.5. The van der Waals surface area contributed by atoms with E-state index >= 15 is 0 Å². The van der Waals surface area contributed by atoms with Crippen LogP contribution in [0.4, 0.5) is 0 Å². The molecular weight excluding hydrogens is 287 g/mol. The lowest BCUT2D eigenvalue weighted by Crippen LogP contribution is -2.16. The lowest BCUT2D eigenvalue weighted by atomic mass is 9.83. The highest BCUT2D eigenvalue weighted by Gasteiger charge is 2.24. The van der Waals surface area contributed by atoms with Crippen molar-refractivity contribution >= 4 is 27.5 Å². The molecule has 2 rings (SSSR count). The highest BCUT2D eigenvalue weighted by molar-refractivity contribution is 9.10. The summed E-state index contributed by atoms with van der Waals surface area (Å²) in [5, 5.41) is 11.0. The van der Waals surface area contributed by atoms with Gasteiger partial charge in [-0.3, -0.25) is 0 Å². The summed E-state index contributed by atoms with van der Waals surface area (Å²) in [4.78, 5) is 0. The van der Waals surface area contributed by atoms with Crippen LogP contribution in [-0.2, 0) is 0 Å². The van der Waals surface area contributed by atoms with Crippen molar-refractivity contribution in [1.29, 1.82) is 0 Å². The van der Waals surface area contributed by atoms with E-state index in [0.717, 1.165) is 22.9 Å². The minimum atomic E-state index is -0.402. The molecule has 1 N–H and O–H groups in total. The molecule has 0 aliphatic heterocycles. The molecule has 1 fully saturated rings. The summed E-state index contributed by atoms with van der Waals surface area (Å²) in [6.45, 7) is 0. The van der Waals surface area contributed by atoms with E-state index in [9.17, 15) is 5.11 Å². The first-order valence-electron chi connectivity index (χ1n) is 5.81. The molecule has 3 heteroatoms. The van der Waals surface area contributed by atoms with Gasteiger partial charge in [0.25, 0.3) is 0 Å². The Kier molecular flexibility index (Phi) is 4.28. The fourth-order valence-electron chi connectivity index (χ4n) is 2.45. The van der Waals surface area contributed by atoms with Gasteiger partial charge in [0, 0.05) is 9.50 Å². The SMILES string of the molecule is OC(c1ccc(Br)cc1Cl)C1CCCCC1. The largest absolute Gasteiger partial charge is 0.388 e. The van der Waals surface area contributed by atoms with Gasteiger partial charge in [-0.2, -0.15) is 0 Å². The molecule has 88 valence electrons. The van der Waals surface area contributed by atoms with Crippen LogP contribution in [0, 0.1) is 5.92 Å². The van der Waals surface area contributed by atoms with Crippen LogP contribution in [0.5, 0.6) is 0 Å². The number of rotatable bonds is 2. The van der Waals surface area contributed by atoms with Crippen molar-refractivity contribution in [2.24, 2.45) is 5.92 Å². The Hall–Kier alpha value is -0.0500. The highest BCUT2D eigenvalue weighted by atomic mass is 79.9. The first-order valence-corrected chi connectivity index (χ1v) is 6.98. The summed E-state index contributed by atoms with van der Waals surface area (Å²) in [5.41, 5.74) is 0.872. The number of aliphatic hydroxyl groups excluding tert-OH is 1. The molecule has 1 aliphatic rings. The Morgan fingerprint density at radius 1 is 1.25 bits per heavy atom. The second kappa shape index (κ2) is 5.52. The number of hydrogen-bond donors (Lipinski definition) is 1. The van der Waals surface area contributed by atoms with Gasteiger partial charge in [0.05, 0.1) is 6.10 Å². The first kappa shape index (κ1) is 12.4. The maximum atomic E-state index is 10.3. The van der Waals surface area contributed by atoms with E-state index in [0.29, 0.717) is 10.9 Å². The summed E-state index contributed by atoms with van der Waals surface area (Å²) in [6, 6.07) is 5.71. The topological polar surface area (TPSA) is 20.2 Å². The molecule has 1 aliphatic carbocycles. The smallest absolute Gasteiger partial charge is 0.0832 e. The van der Waals surface area contributed by atoms with Crippen LogP contribution in [-0.4, -0.2) is 5.11 Å². The van der Waals surface area contributed by atoms with Crippen molar-refractivity contribution in [1.82, 2.24) is 0 Å². The summed E-state index contributed by atoms with van der Waals surface area (Å²) in [6.07, 6.45) is 5.60. The number of aliphatic hydroxyl groups is 1. The van der Waals surface area contributed by atoms with E-state index < -0.39 is 6.10 Å². The van der Waals surface area contributed by atoms with E-state index in [1.807, 2.05) is 18.2 Å². The van der Waals surface area contributed by atoms with Gasteiger partial charge in [0.2, 0.25) is 0 Å². The van der Waals surface area contributed by atoms with Gasteiger partial charge in [-0.15, -0.1) is 0 Å². The van der Waals surface area contributed by atoms with Gasteiger partial charge >= 0.3 is 0 Å². The van der Waals surface area contributed by atoms with Gasteiger partial charge < -0.3 is 5.11 Å². The molecule has 1 aromatic rings. The Morgan fingerprint density at radius 2 is 1.94 bits per heavy atom. The number of halogens is 2. The minimum Gasteiger partial charge on any atom is -0.388 e. The molecule has 16 heavy (non-hydrogen) atoms. The van der Waals surface area contributed by atoms with Crippen molar-refractivity contribution in [3.05, 3.63) is 33.3 Å². The third kappa shape index (κ3) is 2.79. The van der Waals surface area contributed by atoms with Crippen LogP contribution in [0.2, 0.25) is 5.02 Å². The summed E-state index contributed by atoms with van der Waals surface area (Å²) in [7, 11) is 0. The van der Waals surface area contributed by atoms with E-state index in [2.05, 4.69) is 15.9 Å². The number of hydrogen-bond acceptors (Lipinski definition) is 1. The zero-order valence-electron chi connectivity index (χ0n) is 9.13. The Bertz CT molecular complexity index is 361. The van der Waals surface area contributed by atoms with Gasteiger partial charge in [-0.25, -0.2) is 0 Å². The fourth-order valence-corrected chi connectivity index (χ4v) is 3.23. The Balaban J connectivity index is 2.15. The van der Waals surface area contributed by atoms with E-state index in [4.69, 9.17) is 11.6 Å². The van der Waals surface area contributed by atoms with Crippen LogP contribution in [0.1, 0.15) is 43.8 Å². The van der Waals surface area contributed by atoms with Crippen molar-refractivity contribution in [2.75, 3.05) is 0 Å². The molecule has 0 saturated heterocycles. The lowest BCUT2D eigenvalue weighted by molar-refractivity contribution is 0.0849. The Morgan fingerprint density at radius 3 is 2.56 bits per heavy atom. The van der Waals surface area contributed by atoms with Crippen LogP contribution >= 0.6 is 27.5 Å². The molecule has 1 aromatic carbocycles. The molecule has 1 nitrogen and oxygen atoms in total. The Labute approximate surface area is 110 Å². The van der Waals surface area contributed by atoms with Crippen molar-refractivity contribution < 1.29 is 5.11 Å². The van der Waals surface area contributed by atoms with Crippen LogP contribution in [0.25, 0.3) is 0 Å². The summed E-state index contributed by atoms with van der Waals surface area (Å²) < 4.78 is 0.956.